The lowest BCUT2D eigenvalue weighted by Crippen LogP contribution is -2.48. The SMILES string of the molecule is [C-]#[N+]/C(C#N)=N\OC(N(C)C)N1CCCCC1. The third-order valence-electron chi connectivity index (χ3n) is 2.58. The topological polar surface area (TPSA) is 56.2 Å². The number of oxime groups is 1. The van der Waals surface area contributed by atoms with Crippen molar-refractivity contribution < 1.29 is 4.84 Å². The molecule has 1 saturated heterocycles. The molecule has 1 aliphatic rings. The van der Waals surface area contributed by atoms with Crippen LogP contribution in [0, 0.1) is 17.9 Å². The monoisotopic (exact) mass is 235 g/mol. The molecule has 1 heterocycles. The highest BCUT2D eigenvalue weighted by Crippen LogP contribution is 2.14. The van der Waals surface area contributed by atoms with E-state index in [0.717, 1.165) is 25.9 Å². The first-order chi connectivity index (χ1) is 8.19. The molecule has 92 valence electrons. The normalized spacial score (nSPS) is 19.5. The van der Waals surface area contributed by atoms with Crippen molar-refractivity contribution in [3.05, 3.63) is 11.4 Å². The molecule has 1 atom stereocenters. The van der Waals surface area contributed by atoms with Crippen LogP contribution in [0.2, 0.25) is 0 Å². The molecule has 0 saturated carbocycles. The van der Waals surface area contributed by atoms with Crippen LogP contribution in [0.25, 0.3) is 4.85 Å². The molecule has 6 nitrogen and oxygen atoms in total. The Hall–Kier alpha value is -1.63. The minimum atomic E-state index is -0.305. The highest BCUT2D eigenvalue weighted by atomic mass is 16.7. The summed E-state index contributed by atoms with van der Waals surface area (Å²) in [4.78, 5) is 12.3. The smallest absolute Gasteiger partial charge is 0.348 e. The summed E-state index contributed by atoms with van der Waals surface area (Å²) in [6.45, 7) is 8.63. The van der Waals surface area contributed by atoms with Crippen molar-refractivity contribution >= 4 is 5.84 Å². The Balaban J connectivity index is 2.64. The fourth-order valence-corrected chi connectivity index (χ4v) is 1.79. The fraction of sp³-hybridized carbons (Fsp3) is 0.727. The molecule has 0 aromatic rings. The first kappa shape index (κ1) is 13.4. The minimum Gasteiger partial charge on any atom is -0.348 e. The molecule has 6 heteroatoms. The summed E-state index contributed by atoms with van der Waals surface area (Å²) >= 11 is 0. The fourth-order valence-electron chi connectivity index (χ4n) is 1.79. The Morgan fingerprint density at radius 3 is 2.59 bits per heavy atom. The number of nitriles is 1. The molecule has 1 fully saturated rings. The molecular weight excluding hydrogens is 218 g/mol. The van der Waals surface area contributed by atoms with Crippen molar-refractivity contribution in [2.75, 3.05) is 27.2 Å². The molecule has 0 aliphatic carbocycles. The van der Waals surface area contributed by atoms with E-state index in [1.54, 1.807) is 6.07 Å². The minimum absolute atomic E-state index is 0.270. The molecule has 17 heavy (non-hydrogen) atoms. The molecule has 0 radical (unpaired) electrons. The van der Waals surface area contributed by atoms with Gasteiger partial charge in [0, 0.05) is 13.1 Å². The van der Waals surface area contributed by atoms with Crippen molar-refractivity contribution in [3.63, 3.8) is 0 Å². The van der Waals surface area contributed by atoms with Crippen molar-refractivity contribution in [1.82, 2.24) is 9.80 Å². The number of hydrogen-bond acceptors (Lipinski definition) is 5. The van der Waals surface area contributed by atoms with E-state index in [0.29, 0.717) is 0 Å². The van der Waals surface area contributed by atoms with E-state index in [-0.39, 0.29) is 12.2 Å². The van der Waals surface area contributed by atoms with Crippen LogP contribution in [-0.4, -0.2) is 49.2 Å². The second-order valence-electron chi connectivity index (χ2n) is 4.13. The quantitative estimate of drug-likeness (QED) is 0.241. The second-order valence-corrected chi connectivity index (χ2v) is 4.13. The highest BCUT2D eigenvalue weighted by Gasteiger charge is 2.25. The molecular formula is C11H17N5O. The van der Waals surface area contributed by atoms with Gasteiger partial charge in [0.2, 0.25) is 0 Å². The number of hydrogen-bond donors (Lipinski definition) is 0. The van der Waals surface area contributed by atoms with E-state index in [1.807, 2.05) is 19.0 Å². The van der Waals surface area contributed by atoms with Gasteiger partial charge in [0.15, 0.2) is 0 Å². The van der Waals surface area contributed by atoms with E-state index < -0.39 is 0 Å². The summed E-state index contributed by atoms with van der Waals surface area (Å²) in [6, 6.07) is 1.68. The van der Waals surface area contributed by atoms with Crippen LogP contribution < -0.4 is 0 Å². The van der Waals surface area contributed by atoms with Crippen molar-refractivity contribution in [1.29, 1.82) is 5.26 Å². The van der Waals surface area contributed by atoms with Crippen molar-refractivity contribution in [2.45, 2.75) is 25.6 Å². The Morgan fingerprint density at radius 2 is 2.12 bits per heavy atom. The summed E-state index contributed by atoms with van der Waals surface area (Å²) in [6.07, 6.45) is 3.22. The van der Waals surface area contributed by atoms with Crippen LogP contribution in [0.5, 0.6) is 0 Å². The summed E-state index contributed by atoms with van der Waals surface area (Å²) in [5.74, 6) is -0.270. The zero-order chi connectivity index (χ0) is 12.7. The van der Waals surface area contributed by atoms with Gasteiger partial charge in [-0.15, -0.1) is 0 Å². The largest absolute Gasteiger partial charge is 0.392 e. The summed E-state index contributed by atoms with van der Waals surface area (Å²) in [5.41, 5.74) is 0. The van der Waals surface area contributed by atoms with Gasteiger partial charge in [0.1, 0.15) is 6.07 Å². The molecule has 0 N–H and O–H groups in total. The van der Waals surface area contributed by atoms with Crippen molar-refractivity contribution in [3.8, 4) is 6.07 Å². The second kappa shape index (κ2) is 6.85. The predicted molar refractivity (Wildman–Crippen MR) is 63.6 cm³/mol. The lowest BCUT2D eigenvalue weighted by molar-refractivity contribution is -0.141. The Labute approximate surface area is 102 Å². The van der Waals surface area contributed by atoms with E-state index >= 15 is 0 Å². The van der Waals surface area contributed by atoms with Crippen LogP contribution >= 0.6 is 0 Å². The lowest BCUT2D eigenvalue weighted by Gasteiger charge is -2.34. The highest BCUT2D eigenvalue weighted by molar-refractivity contribution is 6.03. The standard InChI is InChI=1S/C11H17N5O/c1-13-10(9-12)14-17-11(15(2)3)16-7-5-4-6-8-16/h11H,4-8H2,2-3H3/b14-10-. The average molecular weight is 235 g/mol. The van der Waals surface area contributed by atoms with Gasteiger partial charge in [-0.3, -0.25) is 14.6 Å². The molecule has 0 aromatic heterocycles. The number of rotatable bonds is 4. The van der Waals surface area contributed by atoms with E-state index in [1.165, 1.54) is 6.42 Å². The van der Waals surface area contributed by atoms with Crippen LogP contribution in [0.3, 0.4) is 0 Å². The molecule has 0 spiro atoms. The van der Waals surface area contributed by atoms with Gasteiger partial charge < -0.3 is 4.85 Å². The Kier molecular flexibility index (Phi) is 5.41. The number of nitrogens with zero attached hydrogens (tertiary/aromatic N) is 5. The zero-order valence-electron chi connectivity index (χ0n) is 10.3. The number of amidine groups is 1. The maximum atomic E-state index is 8.59. The van der Waals surface area contributed by atoms with E-state index in [4.69, 9.17) is 16.7 Å². The zero-order valence-corrected chi connectivity index (χ0v) is 10.3. The molecule has 0 bridgehead atoms. The van der Waals surface area contributed by atoms with E-state index in [2.05, 4.69) is 14.9 Å². The Morgan fingerprint density at radius 1 is 1.47 bits per heavy atom. The lowest BCUT2D eigenvalue weighted by atomic mass is 10.1. The van der Waals surface area contributed by atoms with Crippen LogP contribution in [0.15, 0.2) is 5.16 Å². The Bertz CT molecular complexity index is 330. The van der Waals surface area contributed by atoms with Gasteiger partial charge in [-0.1, -0.05) is 13.0 Å². The molecule has 1 unspecified atom stereocenters. The molecule has 1 rings (SSSR count). The first-order valence-electron chi connectivity index (χ1n) is 5.61. The summed E-state index contributed by atoms with van der Waals surface area (Å²) in [5, 5.41) is 12.2. The van der Waals surface area contributed by atoms with Gasteiger partial charge >= 0.3 is 5.84 Å². The predicted octanol–water partition coefficient (Wildman–Crippen LogP) is 1.09. The van der Waals surface area contributed by atoms with Gasteiger partial charge in [0.05, 0.1) is 5.16 Å². The van der Waals surface area contributed by atoms with Crippen LogP contribution in [0.1, 0.15) is 19.3 Å². The first-order valence-corrected chi connectivity index (χ1v) is 5.61. The van der Waals surface area contributed by atoms with Crippen LogP contribution in [-0.2, 0) is 4.84 Å². The van der Waals surface area contributed by atoms with Gasteiger partial charge in [0.25, 0.3) is 6.35 Å². The maximum Gasteiger partial charge on any atom is 0.392 e. The average Bonchev–Trinajstić information content (AvgIpc) is 2.35. The maximum absolute atomic E-state index is 8.59. The summed E-state index contributed by atoms with van der Waals surface area (Å²) < 4.78 is 0. The summed E-state index contributed by atoms with van der Waals surface area (Å²) in [7, 11) is 3.78. The van der Waals surface area contributed by atoms with E-state index in [9.17, 15) is 0 Å². The molecule has 1 aliphatic heterocycles. The molecule has 0 amide bonds. The third-order valence-corrected chi connectivity index (χ3v) is 2.58. The number of piperidine rings is 1. The number of likely N-dealkylation sites (tertiary alicyclic amines) is 1. The van der Waals surface area contributed by atoms with Gasteiger partial charge in [-0.2, -0.15) is 0 Å². The third kappa shape index (κ3) is 4.03. The van der Waals surface area contributed by atoms with Crippen molar-refractivity contribution in [2.24, 2.45) is 5.16 Å². The van der Waals surface area contributed by atoms with Crippen LogP contribution in [0.4, 0.5) is 0 Å². The van der Waals surface area contributed by atoms with Gasteiger partial charge in [-0.25, -0.2) is 5.26 Å². The van der Waals surface area contributed by atoms with Gasteiger partial charge in [-0.05, 0) is 26.9 Å². The molecule has 0 aromatic carbocycles.